The van der Waals surface area contributed by atoms with Crippen LogP contribution in [0.25, 0.3) is 0 Å². The molecule has 1 aromatic heterocycles. The highest BCUT2D eigenvalue weighted by Gasteiger charge is 2.40. The fourth-order valence-corrected chi connectivity index (χ4v) is 5.56. The third-order valence-corrected chi connectivity index (χ3v) is 8.56. The Morgan fingerprint density at radius 3 is 2.34 bits per heavy atom. The number of likely N-dealkylation sites (tertiary alicyclic amines) is 1. The summed E-state index contributed by atoms with van der Waals surface area (Å²) >= 11 is 0. The van der Waals surface area contributed by atoms with Crippen LogP contribution in [0.4, 0.5) is 0 Å². The van der Waals surface area contributed by atoms with Crippen molar-refractivity contribution in [2.45, 2.75) is 42.3 Å². The standard InChI is InChI=1S/C30H35N5O5S/c1-41(39,40)26-11-9-23(10-12-26)21-35(22-36)29(38)30(31)14-18-34(19-15-30)17-13-27(24-6-3-2-4-7-24)33-28(37)25-8-5-16-32-20-25/h2-12,16,20,22,27H,13-15,17-19,21,31H2,1H3,(H,33,37)/t27-/m0/s1. The summed E-state index contributed by atoms with van der Waals surface area (Å²) in [6.07, 6.45) is 6.16. The first-order valence-electron chi connectivity index (χ1n) is 13.4. The molecule has 0 radical (unpaired) electrons. The second kappa shape index (κ2) is 13.2. The first-order valence-corrected chi connectivity index (χ1v) is 15.3. The number of hydrogen-bond acceptors (Lipinski definition) is 8. The van der Waals surface area contributed by atoms with Crippen LogP contribution < -0.4 is 11.1 Å². The third-order valence-electron chi connectivity index (χ3n) is 7.43. The van der Waals surface area contributed by atoms with Crippen molar-refractivity contribution in [1.82, 2.24) is 20.1 Å². The molecule has 216 valence electrons. The van der Waals surface area contributed by atoms with Gasteiger partial charge >= 0.3 is 0 Å². The van der Waals surface area contributed by atoms with Gasteiger partial charge in [-0.2, -0.15) is 0 Å². The number of nitrogens with zero attached hydrogens (tertiary/aromatic N) is 3. The van der Waals surface area contributed by atoms with E-state index in [9.17, 15) is 22.8 Å². The van der Waals surface area contributed by atoms with E-state index in [4.69, 9.17) is 5.73 Å². The molecule has 0 saturated carbocycles. The number of piperidine rings is 1. The highest BCUT2D eigenvalue weighted by atomic mass is 32.2. The molecular formula is C30H35N5O5S. The molecular weight excluding hydrogens is 542 g/mol. The van der Waals surface area contributed by atoms with Gasteiger partial charge in [-0.1, -0.05) is 42.5 Å². The van der Waals surface area contributed by atoms with Gasteiger partial charge in [-0.25, -0.2) is 8.42 Å². The summed E-state index contributed by atoms with van der Waals surface area (Å²) in [6.45, 7) is 1.82. The fourth-order valence-electron chi connectivity index (χ4n) is 4.93. The molecule has 2 heterocycles. The molecule has 1 fully saturated rings. The fraction of sp³-hybridized carbons (Fsp3) is 0.333. The van der Waals surface area contributed by atoms with E-state index < -0.39 is 21.3 Å². The summed E-state index contributed by atoms with van der Waals surface area (Å²) in [6, 6.07) is 19.1. The number of carbonyl (C=O) groups is 3. The summed E-state index contributed by atoms with van der Waals surface area (Å²) in [7, 11) is -3.35. The molecule has 1 saturated heterocycles. The second-order valence-corrected chi connectivity index (χ2v) is 12.4. The largest absolute Gasteiger partial charge is 0.345 e. The van der Waals surface area contributed by atoms with Crippen molar-refractivity contribution in [2.75, 3.05) is 25.9 Å². The van der Waals surface area contributed by atoms with Crippen LogP contribution in [0.1, 0.15) is 46.8 Å². The van der Waals surface area contributed by atoms with Gasteiger partial charge in [0, 0.05) is 38.3 Å². The molecule has 4 rings (SSSR count). The van der Waals surface area contributed by atoms with Crippen LogP contribution in [0, 0.1) is 0 Å². The number of nitrogens with one attached hydrogen (secondary N) is 1. The number of benzene rings is 2. The molecule has 3 aromatic rings. The van der Waals surface area contributed by atoms with Crippen LogP contribution in [0.2, 0.25) is 0 Å². The van der Waals surface area contributed by atoms with Crippen molar-refractivity contribution >= 4 is 28.1 Å². The quantitative estimate of drug-likeness (QED) is 0.331. The van der Waals surface area contributed by atoms with E-state index in [0.717, 1.165) is 16.7 Å². The maximum Gasteiger partial charge on any atom is 0.253 e. The van der Waals surface area contributed by atoms with Gasteiger partial charge in [0.2, 0.25) is 12.3 Å². The first-order chi connectivity index (χ1) is 19.6. The highest BCUT2D eigenvalue weighted by Crippen LogP contribution is 2.25. The molecule has 0 bridgehead atoms. The SMILES string of the molecule is CS(=O)(=O)c1ccc(CN(C=O)C(=O)C2(N)CCN(CC[C@H](NC(=O)c3cccnc3)c3ccccc3)CC2)cc1. The van der Waals surface area contributed by atoms with E-state index in [1.54, 1.807) is 30.5 Å². The van der Waals surface area contributed by atoms with Gasteiger partial charge in [-0.05, 0) is 54.7 Å². The van der Waals surface area contributed by atoms with E-state index in [1.165, 1.54) is 18.3 Å². The summed E-state index contributed by atoms with van der Waals surface area (Å²) < 4.78 is 23.4. The van der Waals surface area contributed by atoms with E-state index in [0.29, 0.717) is 56.4 Å². The normalized spacial score (nSPS) is 16.0. The molecule has 1 aliphatic rings. The average Bonchev–Trinajstić information content (AvgIpc) is 2.99. The van der Waals surface area contributed by atoms with E-state index in [1.807, 2.05) is 30.3 Å². The first kappa shape index (κ1) is 30.0. The number of pyridine rings is 1. The summed E-state index contributed by atoms with van der Waals surface area (Å²) in [5.41, 5.74) is 7.46. The lowest BCUT2D eigenvalue weighted by molar-refractivity contribution is -0.144. The zero-order chi connectivity index (χ0) is 29.5. The Balaban J connectivity index is 1.34. The Labute approximate surface area is 240 Å². The Morgan fingerprint density at radius 2 is 1.76 bits per heavy atom. The molecule has 41 heavy (non-hydrogen) atoms. The third kappa shape index (κ3) is 7.84. The predicted octanol–water partition coefficient (Wildman–Crippen LogP) is 2.32. The molecule has 3 amide bonds. The lowest BCUT2D eigenvalue weighted by Crippen LogP contribution is -2.60. The van der Waals surface area contributed by atoms with Crippen LogP contribution in [0.15, 0.2) is 84.0 Å². The number of hydrogen-bond donors (Lipinski definition) is 2. The van der Waals surface area contributed by atoms with Gasteiger partial charge in [0.05, 0.1) is 28.6 Å². The van der Waals surface area contributed by atoms with Crippen LogP contribution >= 0.6 is 0 Å². The highest BCUT2D eigenvalue weighted by molar-refractivity contribution is 7.90. The zero-order valence-electron chi connectivity index (χ0n) is 23.0. The van der Waals surface area contributed by atoms with Gasteiger partial charge in [-0.15, -0.1) is 0 Å². The smallest absolute Gasteiger partial charge is 0.253 e. The molecule has 11 heteroatoms. The van der Waals surface area contributed by atoms with Gasteiger partial charge in [0.25, 0.3) is 5.91 Å². The lowest BCUT2D eigenvalue weighted by atomic mass is 9.86. The molecule has 3 N–H and O–H groups in total. The van der Waals surface area contributed by atoms with Crippen molar-refractivity contribution in [1.29, 1.82) is 0 Å². The van der Waals surface area contributed by atoms with Crippen molar-refractivity contribution < 1.29 is 22.8 Å². The van der Waals surface area contributed by atoms with Gasteiger partial charge in [0.15, 0.2) is 9.84 Å². The summed E-state index contributed by atoms with van der Waals surface area (Å²) in [4.78, 5) is 45.4. The average molecular weight is 578 g/mol. The minimum absolute atomic E-state index is 0.00439. The van der Waals surface area contributed by atoms with Crippen molar-refractivity contribution in [3.8, 4) is 0 Å². The second-order valence-electron chi connectivity index (χ2n) is 10.4. The van der Waals surface area contributed by atoms with Crippen LogP contribution in [-0.4, -0.2) is 72.9 Å². The van der Waals surface area contributed by atoms with E-state index >= 15 is 0 Å². The van der Waals surface area contributed by atoms with Crippen LogP contribution in [-0.2, 0) is 26.0 Å². The van der Waals surface area contributed by atoms with E-state index in [2.05, 4.69) is 15.2 Å². The Kier molecular flexibility index (Phi) is 9.64. The number of rotatable bonds is 11. The predicted molar refractivity (Wildman–Crippen MR) is 154 cm³/mol. The summed E-state index contributed by atoms with van der Waals surface area (Å²) in [5, 5.41) is 3.12. The lowest BCUT2D eigenvalue weighted by Gasteiger charge is -2.40. The van der Waals surface area contributed by atoms with Crippen molar-refractivity contribution in [3.05, 3.63) is 95.8 Å². The number of carbonyl (C=O) groups excluding carboxylic acids is 3. The number of amides is 3. The van der Waals surface area contributed by atoms with Gasteiger partial charge < -0.3 is 16.0 Å². The van der Waals surface area contributed by atoms with Crippen molar-refractivity contribution in [2.24, 2.45) is 5.73 Å². The number of sulfone groups is 1. The molecule has 10 nitrogen and oxygen atoms in total. The Bertz CT molecular complexity index is 1440. The molecule has 0 aliphatic carbocycles. The van der Waals surface area contributed by atoms with Gasteiger partial charge in [-0.3, -0.25) is 24.3 Å². The maximum absolute atomic E-state index is 13.3. The molecule has 0 spiro atoms. The van der Waals surface area contributed by atoms with Crippen LogP contribution in [0.3, 0.4) is 0 Å². The van der Waals surface area contributed by atoms with Crippen molar-refractivity contribution in [3.63, 3.8) is 0 Å². The van der Waals surface area contributed by atoms with Crippen LogP contribution in [0.5, 0.6) is 0 Å². The monoisotopic (exact) mass is 577 g/mol. The molecule has 0 unspecified atom stereocenters. The van der Waals surface area contributed by atoms with E-state index in [-0.39, 0.29) is 23.4 Å². The van der Waals surface area contributed by atoms with Gasteiger partial charge in [0.1, 0.15) is 0 Å². The Hall–Kier alpha value is -3.93. The maximum atomic E-state index is 13.3. The topological polar surface area (TPSA) is 143 Å². The zero-order valence-corrected chi connectivity index (χ0v) is 23.8. The minimum atomic E-state index is -3.35. The number of imide groups is 1. The number of nitrogens with two attached hydrogens (primary N) is 1. The molecule has 1 aliphatic heterocycles. The Morgan fingerprint density at radius 1 is 1.07 bits per heavy atom. The molecule has 2 aromatic carbocycles. The summed E-state index contributed by atoms with van der Waals surface area (Å²) in [5.74, 6) is -0.651. The minimum Gasteiger partial charge on any atom is -0.345 e. The number of aromatic nitrogens is 1. The molecule has 1 atom stereocenters.